The molecule has 1 unspecified atom stereocenters. The summed E-state index contributed by atoms with van der Waals surface area (Å²) >= 11 is 7.88. The highest BCUT2D eigenvalue weighted by molar-refractivity contribution is 7.07. The third-order valence-electron chi connectivity index (χ3n) is 8.48. The van der Waals surface area contributed by atoms with Crippen LogP contribution in [0.2, 0.25) is 5.02 Å². The van der Waals surface area contributed by atoms with Gasteiger partial charge in [0.25, 0.3) is 5.56 Å². The molecule has 1 aliphatic heterocycles. The van der Waals surface area contributed by atoms with Crippen LogP contribution >= 0.6 is 22.9 Å². The molecular weight excluding hydrogens is 602 g/mol. The van der Waals surface area contributed by atoms with E-state index in [-0.39, 0.29) is 12.2 Å². The minimum atomic E-state index is -0.684. The van der Waals surface area contributed by atoms with Crippen molar-refractivity contribution in [3.63, 3.8) is 0 Å². The lowest BCUT2D eigenvalue weighted by Crippen LogP contribution is -2.40. The Balaban J connectivity index is 1.45. The number of carbonyl (C=O) groups is 1. The first-order valence-corrected chi connectivity index (χ1v) is 16.1. The Labute approximate surface area is 268 Å². The van der Waals surface area contributed by atoms with Gasteiger partial charge < -0.3 is 9.30 Å². The SMILES string of the molecule is CCOC(=O)C1=C(C)N=c2s/c(=C/c3c(C)n(Cc4ccccc4Cl)c4ccccc34)c(=O)n2C1c1cccc2ccccc12. The molecule has 0 bridgehead atoms. The zero-order valence-electron chi connectivity index (χ0n) is 25.1. The van der Waals surface area contributed by atoms with Crippen molar-refractivity contribution >= 4 is 56.7 Å². The number of carbonyl (C=O) groups excluding carboxylic acids is 1. The summed E-state index contributed by atoms with van der Waals surface area (Å²) in [6.07, 6.45) is 1.97. The van der Waals surface area contributed by atoms with Gasteiger partial charge in [-0.3, -0.25) is 9.36 Å². The van der Waals surface area contributed by atoms with E-state index in [1.807, 2.05) is 91.9 Å². The standard InChI is InChI=1S/C37H30ClN3O3S/c1-4-44-36(43)33-22(2)39-37-41(34(33)28-17-11-14-24-12-5-7-15-26(24)28)35(42)32(45-37)20-29-23(3)40(31-19-10-8-16-27(29)31)21-25-13-6-9-18-30(25)38/h5-20,34H,4,21H2,1-3H3/b32-20+. The second-order valence-corrected chi connectivity index (χ2v) is 12.5. The molecule has 1 atom stereocenters. The quantitative estimate of drug-likeness (QED) is 0.188. The highest BCUT2D eigenvalue weighted by Crippen LogP contribution is 2.35. The number of aromatic nitrogens is 2. The number of nitrogens with zero attached hydrogens (tertiary/aromatic N) is 3. The molecule has 3 heterocycles. The molecule has 1 aliphatic rings. The fourth-order valence-electron chi connectivity index (χ4n) is 6.35. The Hall–Kier alpha value is -4.72. The summed E-state index contributed by atoms with van der Waals surface area (Å²) in [5.74, 6) is -0.468. The Morgan fingerprint density at radius 2 is 1.67 bits per heavy atom. The monoisotopic (exact) mass is 631 g/mol. The highest BCUT2D eigenvalue weighted by atomic mass is 35.5. The van der Waals surface area contributed by atoms with Crippen LogP contribution in [-0.2, 0) is 16.1 Å². The van der Waals surface area contributed by atoms with Crippen LogP contribution in [0.15, 0.2) is 112 Å². The van der Waals surface area contributed by atoms with Gasteiger partial charge in [-0.1, -0.05) is 102 Å². The van der Waals surface area contributed by atoms with Gasteiger partial charge in [-0.05, 0) is 60.9 Å². The van der Waals surface area contributed by atoms with Crippen LogP contribution in [0.3, 0.4) is 0 Å². The van der Waals surface area contributed by atoms with Crippen molar-refractivity contribution in [2.24, 2.45) is 4.99 Å². The zero-order valence-corrected chi connectivity index (χ0v) is 26.7. The van der Waals surface area contributed by atoms with Crippen molar-refractivity contribution in [2.75, 3.05) is 6.61 Å². The Bertz CT molecular complexity index is 2360. The molecule has 45 heavy (non-hydrogen) atoms. The van der Waals surface area contributed by atoms with Crippen molar-refractivity contribution in [2.45, 2.75) is 33.4 Å². The first-order chi connectivity index (χ1) is 21.9. The van der Waals surface area contributed by atoms with E-state index in [9.17, 15) is 9.59 Å². The minimum absolute atomic E-state index is 0.201. The largest absolute Gasteiger partial charge is 0.463 e. The van der Waals surface area contributed by atoms with Gasteiger partial charge in [0.1, 0.15) is 0 Å². The van der Waals surface area contributed by atoms with E-state index in [4.69, 9.17) is 21.3 Å². The summed E-state index contributed by atoms with van der Waals surface area (Å²) in [4.78, 5) is 33.2. The normalized spacial score (nSPS) is 15.0. The number of halogens is 1. The van der Waals surface area contributed by atoms with Crippen molar-refractivity contribution in [3.05, 3.63) is 149 Å². The van der Waals surface area contributed by atoms with Crippen LogP contribution in [0.1, 0.15) is 42.3 Å². The number of rotatable bonds is 6. The molecule has 6 aromatic rings. The molecule has 8 heteroatoms. The molecule has 0 radical (unpaired) electrons. The molecule has 0 saturated heterocycles. The van der Waals surface area contributed by atoms with Crippen molar-refractivity contribution in [1.29, 1.82) is 0 Å². The van der Waals surface area contributed by atoms with Crippen LogP contribution < -0.4 is 14.9 Å². The van der Waals surface area contributed by atoms with Crippen LogP contribution in [0.5, 0.6) is 0 Å². The molecule has 0 saturated carbocycles. The van der Waals surface area contributed by atoms with Gasteiger partial charge in [-0.25, -0.2) is 9.79 Å². The van der Waals surface area contributed by atoms with Crippen molar-refractivity contribution in [3.8, 4) is 0 Å². The topological polar surface area (TPSA) is 65.6 Å². The predicted octanol–water partition coefficient (Wildman–Crippen LogP) is 6.92. The molecule has 0 N–H and O–H groups in total. The van der Waals surface area contributed by atoms with Gasteiger partial charge in [0.05, 0.1) is 28.5 Å². The summed E-state index contributed by atoms with van der Waals surface area (Å²) in [5, 5.41) is 3.75. The number of benzene rings is 4. The van der Waals surface area contributed by atoms with Gasteiger partial charge in [0.15, 0.2) is 4.80 Å². The second kappa shape index (κ2) is 11.7. The Morgan fingerprint density at radius 3 is 2.47 bits per heavy atom. The molecule has 0 amide bonds. The van der Waals surface area contributed by atoms with E-state index < -0.39 is 12.0 Å². The van der Waals surface area contributed by atoms with Crippen LogP contribution in [0, 0.1) is 6.92 Å². The number of ether oxygens (including phenoxy) is 1. The number of para-hydroxylation sites is 1. The van der Waals surface area contributed by atoms with E-state index in [2.05, 4.69) is 23.6 Å². The van der Waals surface area contributed by atoms with Crippen LogP contribution in [-0.4, -0.2) is 21.7 Å². The lowest BCUT2D eigenvalue weighted by molar-refractivity contribution is -0.139. The minimum Gasteiger partial charge on any atom is -0.463 e. The third kappa shape index (κ3) is 4.93. The van der Waals surface area contributed by atoms with Crippen LogP contribution in [0.4, 0.5) is 0 Å². The Morgan fingerprint density at radius 1 is 0.956 bits per heavy atom. The number of esters is 1. The maximum atomic E-state index is 14.4. The summed E-state index contributed by atoms with van der Waals surface area (Å²) in [5.41, 5.74) is 5.64. The first-order valence-electron chi connectivity index (χ1n) is 14.9. The highest BCUT2D eigenvalue weighted by Gasteiger charge is 2.34. The zero-order chi connectivity index (χ0) is 31.2. The van der Waals surface area contributed by atoms with E-state index in [0.717, 1.165) is 44.1 Å². The average Bonchev–Trinajstić information content (AvgIpc) is 3.49. The van der Waals surface area contributed by atoms with Crippen molar-refractivity contribution < 1.29 is 9.53 Å². The average molecular weight is 632 g/mol. The summed E-state index contributed by atoms with van der Waals surface area (Å²) < 4.78 is 9.95. The molecular formula is C37H30ClN3O3S. The molecule has 4 aromatic carbocycles. The molecule has 0 fully saturated rings. The third-order valence-corrected chi connectivity index (χ3v) is 9.83. The lowest BCUT2D eigenvalue weighted by atomic mass is 9.91. The molecule has 0 aliphatic carbocycles. The summed E-state index contributed by atoms with van der Waals surface area (Å²) in [6.45, 7) is 6.49. The summed E-state index contributed by atoms with van der Waals surface area (Å²) in [6, 6.07) is 29.3. The number of thiazole rings is 1. The van der Waals surface area contributed by atoms with Gasteiger partial charge >= 0.3 is 5.97 Å². The molecule has 6 nitrogen and oxygen atoms in total. The number of hydrogen-bond acceptors (Lipinski definition) is 5. The molecule has 224 valence electrons. The summed E-state index contributed by atoms with van der Waals surface area (Å²) in [7, 11) is 0. The van der Waals surface area contributed by atoms with E-state index in [1.54, 1.807) is 11.5 Å². The smallest absolute Gasteiger partial charge is 0.338 e. The number of hydrogen-bond donors (Lipinski definition) is 0. The second-order valence-electron chi connectivity index (χ2n) is 11.1. The predicted molar refractivity (Wildman–Crippen MR) is 182 cm³/mol. The molecule has 2 aromatic heterocycles. The van der Waals surface area contributed by atoms with Crippen LogP contribution in [0.25, 0.3) is 27.8 Å². The lowest BCUT2D eigenvalue weighted by Gasteiger charge is -2.25. The maximum Gasteiger partial charge on any atom is 0.338 e. The van der Waals surface area contributed by atoms with E-state index >= 15 is 0 Å². The molecule has 7 rings (SSSR count). The van der Waals surface area contributed by atoms with Gasteiger partial charge in [0.2, 0.25) is 0 Å². The fourth-order valence-corrected chi connectivity index (χ4v) is 7.57. The number of allylic oxidation sites excluding steroid dienone is 1. The van der Waals surface area contributed by atoms with Gasteiger partial charge in [-0.2, -0.15) is 0 Å². The fraction of sp³-hybridized carbons (Fsp3) is 0.162. The maximum absolute atomic E-state index is 14.4. The van der Waals surface area contributed by atoms with E-state index in [1.165, 1.54) is 11.3 Å². The Kier molecular flexibility index (Phi) is 7.51. The first kappa shape index (κ1) is 29.0. The van der Waals surface area contributed by atoms with Crippen molar-refractivity contribution in [1.82, 2.24) is 9.13 Å². The van der Waals surface area contributed by atoms with Gasteiger partial charge in [-0.15, -0.1) is 0 Å². The number of fused-ring (bicyclic) bond motifs is 3. The van der Waals surface area contributed by atoms with E-state index in [0.29, 0.717) is 32.2 Å². The van der Waals surface area contributed by atoms with Gasteiger partial charge in [0, 0.05) is 33.7 Å². The molecule has 0 spiro atoms.